The lowest BCUT2D eigenvalue weighted by Crippen LogP contribution is -2.41. The predicted molar refractivity (Wildman–Crippen MR) is 76.1 cm³/mol. The fraction of sp³-hybridized carbons (Fsp3) is 0.533. The first-order valence-electron chi connectivity index (χ1n) is 6.72. The lowest BCUT2D eigenvalue weighted by molar-refractivity contribution is 0.00578. The van der Waals surface area contributed by atoms with Crippen LogP contribution >= 0.6 is 0 Å². The zero-order valence-electron chi connectivity index (χ0n) is 12.5. The van der Waals surface area contributed by atoms with E-state index in [9.17, 15) is 4.39 Å². The summed E-state index contributed by atoms with van der Waals surface area (Å²) < 4.78 is 25.4. The SMILES string of the molecule is CC(C#N)c1ccc(F)cc1B1OC(C)(C)C(C)(C)O1. The van der Waals surface area contributed by atoms with Gasteiger partial charge in [-0.2, -0.15) is 5.26 Å². The van der Waals surface area contributed by atoms with Gasteiger partial charge in [-0.15, -0.1) is 0 Å². The topological polar surface area (TPSA) is 42.2 Å². The molecular weight excluding hydrogens is 256 g/mol. The number of nitrogens with zero attached hydrogens (tertiary/aromatic N) is 1. The van der Waals surface area contributed by atoms with Crippen molar-refractivity contribution in [3.05, 3.63) is 29.6 Å². The van der Waals surface area contributed by atoms with Crippen LogP contribution in [0.5, 0.6) is 0 Å². The van der Waals surface area contributed by atoms with Crippen LogP contribution in [0.3, 0.4) is 0 Å². The van der Waals surface area contributed by atoms with Crippen LogP contribution in [0.25, 0.3) is 0 Å². The molecule has 1 saturated heterocycles. The molecule has 1 fully saturated rings. The Balaban J connectivity index is 2.44. The summed E-state index contributed by atoms with van der Waals surface area (Å²) in [6.45, 7) is 9.56. The van der Waals surface area contributed by atoms with E-state index in [-0.39, 0.29) is 11.7 Å². The Morgan fingerprint density at radius 2 is 1.75 bits per heavy atom. The molecule has 2 rings (SSSR count). The summed E-state index contributed by atoms with van der Waals surface area (Å²) in [5.74, 6) is -0.701. The third-order valence-corrected chi connectivity index (χ3v) is 4.22. The Morgan fingerprint density at radius 3 is 2.25 bits per heavy atom. The Labute approximate surface area is 119 Å². The normalized spacial score (nSPS) is 21.6. The van der Waals surface area contributed by atoms with Crippen LogP contribution in [0.1, 0.15) is 46.1 Å². The van der Waals surface area contributed by atoms with Gasteiger partial charge >= 0.3 is 7.12 Å². The quantitative estimate of drug-likeness (QED) is 0.779. The maximum Gasteiger partial charge on any atom is 0.495 e. The Kier molecular flexibility index (Phi) is 3.66. The lowest BCUT2D eigenvalue weighted by atomic mass is 9.73. The molecule has 1 atom stereocenters. The maximum atomic E-state index is 13.6. The summed E-state index contributed by atoms with van der Waals surface area (Å²) in [5, 5.41) is 9.10. The highest BCUT2D eigenvalue weighted by Gasteiger charge is 2.52. The summed E-state index contributed by atoms with van der Waals surface area (Å²) >= 11 is 0. The van der Waals surface area contributed by atoms with E-state index in [1.165, 1.54) is 12.1 Å². The molecule has 5 heteroatoms. The monoisotopic (exact) mass is 275 g/mol. The minimum absolute atomic E-state index is 0.343. The van der Waals surface area contributed by atoms with Crippen molar-refractivity contribution >= 4 is 12.6 Å². The smallest absolute Gasteiger partial charge is 0.399 e. The highest BCUT2D eigenvalue weighted by molar-refractivity contribution is 6.62. The van der Waals surface area contributed by atoms with Gasteiger partial charge in [-0.3, -0.25) is 0 Å². The van der Waals surface area contributed by atoms with Crippen molar-refractivity contribution in [2.75, 3.05) is 0 Å². The summed E-state index contributed by atoms with van der Waals surface area (Å²) in [5.41, 5.74) is 0.360. The number of hydrogen-bond donors (Lipinski definition) is 0. The van der Waals surface area contributed by atoms with E-state index in [0.29, 0.717) is 5.46 Å². The van der Waals surface area contributed by atoms with E-state index in [1.54, 1.807) is 13.0 Å². The third kappa shape index (κ3) is 2.46. The van der Waals surface area contributed by atoms with Crippen molar-refractivity contribution in [3.8, 4) is 6.07 Å². The van der Waals surface area contributed by atoms with Crippen LogP contribution in [0.4, 0.5) is 4.39 Å². The van der Waals surface area contributed by atoms with E-state index in [1.807, 2.05) is 27.7 Å². The Bertz CT molecular complexity index is 549. The van der Waals surface area contributed by atoms with Crippen LogP contribution in [0.2, 0.25) is 0 Å². The van der Waals surface area contributed by atoms with Gasteiger partial charge in [-0.25, -0.2) is 4.39 Å². The average Bonchev–Trinajstić information content (AvgIpc) is 2.57. The minimum atomic E-state index is -0.651. The number of halogens is 1. The van der Waals surface area contributed by atoms with Gasteiger partial charge < -0.3 is 9.31 Å². The van der Waals surface area contributed by atoms with E-state index >= 15 is 0 Å². The molecule has 3 nitrogen and oxygen atoms in total. The molecule has 1 heterocycles. The van der Waals surface area contributed by atoms with E-state index < -0.39 is 18.3 Å². The Morgan fingerprint density at radius 1 is 1.20 bits per heavy atom. The van der Waals surface area contributed by atoms with Crippen LogP contribution in [-0.4, -0.2) is 18.3 Å². The summed E-state index contributed by atoms with van der Waals surface area (Å²) in [7, 11) is -0.651. The number of hydrogen-bond acceptors (Lipinski definition) is 3. The van der Waals surface area contributed by atoms with Gasteiger partial charge in [0.2, 0.25) is 0 Å². The second kappa shape index (κ2) is 4.87. The maximum absolute atomic E-state index is 13.6. The average molecular weight is 275 g/mol. The Hall–Kier alpha value is -1.38. The van der Waals surface area contributed by atoms with Crippen molar-refractivity contribution < 1.29 is 13.7 Å². The molecule has 1 aromatic carbocycles. The molecule has 20 heavy (non-hydrogen) atoms. The molecule has 1 aliphatic heterocycles. The van der Waals surface area contributed by atoms with E-state index in [0.717, 1.165) is 5.56 Å². The molecule has 1 unspecified atom stereocenters. The number of rotatable bonds is 2. The van der Waals surface area contributed by atoms with Crippen molar-refractivity contribution in [1.29, 1.82) is 5.26 Å². The van der Waals surface area contributed by atoms with Crippen LogP contribution in [0, 0.1) is 17.1 Å². The standard InChI is InChI=1S/C15H19BFNO2/c1-10(9-18)12-7-6-11(17)8-13(12)16-19-14(2,3)15(4,5)20-16/h6-8,10H,1-5H3. The second-order valence-electron chi connectivity index (χ2n) is 6.21. The van der Waals surface area contributed by atoms with Crippen LogP contribution in [0.15, 0.2) is 18.2 Å². The third-order valence-electron chi connectivity index (χ3n) is 4.22. The van der Waals surface area contributed by atoms with Crippen LogP contribution < -0.4 is 5.46 Å². The van der Waals surface area contributed by atoms with Gasteiger partial charge in [0.25, 0.3) is 0 Å². The fourth-order valence-electron chi connectivity index (χ4n) is 2.18. The molecule has 0 N–H and O–H groups in total. The number of benzene rings is 1. The number of nitriles is 1. The molecule has 1 aliphatic rings. The first-order chi connectivity index (χ1) is 9.18. The molecular formula is C15H19BFNO2. The van der Waals surface area contributed by atoms with Gasteiger partial charge in [0.15, 0.2) is 0 Å². The zero-order valence-corrected chi connectivity index (χ0v) is 12.5. The van der Waals surface area contributed by atoms with Crippen molar-refractivity contribution in [2.45, 2.75) is 51.7 Å². The highest BCUT2D eigenvalue weighted by Crippen LogP contribution is 2.37. The first-order valence-corrected chi connectivity index (χ1v) is 6.72. The van der Waals surface area contributed by atoms with Crippen LogP contribution in [-0.2, 0) is 9.31 Å². The molecule has 0 radical (unpaired) electrons. The predicted octanol–water partition coefficient (Wildman–Crippen LogP) is 2.75. The molecule has 0 aliphatic carbocycles. The lowest BCUT2D eigenvalue weighted by Gasteiger charge is -2.32. The van der Waals surface area contributed by atoms with Crippen molar-refractivity contribution in [1.82, 2.24) is 0 Å². The highest BCUT2D eigenvalue weighted by atomic mass is 19.1. The van der Waals surface area contributed by atoms with Gasteiger partial charge in [-0.05, 0) is 57.8 Å². The van der Waals surface area contributed by atoms with E-state index in [4.69, 9.17) is 14.6 Å². The minimum Gasteiger partial charge on any atom is -0.399 e. The molecule has 0 saturated carbocycles. The molecule has 0 bridgehead atoms. The van der Waals surface area contributed by atoms with Gasteiger partial charge in [0.05, 0.1) is 23.2 Å². The van der Waals surface area contributed by atoms with Crippen molar-refractivity contribution in [3.63, 3.8) is 0 Å². The summed E-state index contributed by atoms with van der Waals surface area (Å²) in [4.78, 5) is 0. The molecule has 0 spiro atoms. The summed E-state index contributed by atoms with van der Waals surface area (Å²) in [6.07, 6.45) is 0. The molecule has 0 amide bonds. The van der Waals surface area contributed by atoms with E-state index in [2.05, 4.69) is 6.07 Å². The van der Waals surface area contributed by atoms with Gasteiger partial charge in [0.1, 0.15) is 5.82 Å². The second-order valence-corrected chi connectivity index (χ2v) is 6.21. The molecule has 1 aromatic rings. The van der Waals surface area contributed by atoms with Crippen molar-refractivity contribution in [2.24, 2.45) is 0 Å². The molecule has 106 valence electrons. The zero-order chi connectivity index (χ0) is 15.1. The first kappa shape index (κ1) is 15.0. The summed E-state index contributed by atoms with van der Waals surface area (Å²) in [6, 6.07) is 6.55. The largest absolute Gasteiger partial charge is 0.495 e. The van der Waals surface area contributed by atoms with Gasteiger partial charge in [0, 0.05) is 0 Å². The fourth-order valence-corrected chi connectivity index (χ4v) is 2.18. The molecule has 0 aromatic heterocycles. The van der Waals surface area contributed by atoms with Gasteiger partial charge in [-0.1, -0.05) is 6.07 Å².